The van der Waals surface area contributed by atoms with Crippen molar-refractivity contribution >= 4 is 17.7 Å². The van der Waals surface area contributed by atoms with Crippen molar-refractivity contribution < 1.29 is 4.79 Å². The minimum atomic E-state index is -0.402. The summed E-state index contributed by atoms with van der Waals surface area (Å²) in [6.45, 7) is 0. The fourth-order valence-corrected chi connectivity index (χ4v) is 3.28. The van der Waals surface area contributed by atoms with Gasteiger partial charge in [0.15, 0.2) is 5.82 Å². The van der Waals surface area contributed by atoms with Crippen molar-refractivity contribution in [2.24, 2.45) is 5.73 Å². The summed E-state index contributed by atoms with van der Waals surface area (Å²) in [5, 5.41) is 4.51. The quantitative estimate of drug-likeness (QED) is 0.911. The van der Waals surface area contributed by atoms with E-state index in [4.69, 9.17) is 5.73 Å². The van der Waals surface area contributed by atoms with Gasteiger partial charge in [0.1, 0.15) is 5.82 Å². The first-order chi connectivity index (χ1) is 10.2. The summed E-state index contributed by atoms with van der Waals surface area (Å²) >= 11 is 1.69. The molecule has 0 fully saturated rings. The van der Waals surface area contributed by atoms with E-state index >= 15 is 0 Å². The molecule has 2 N–H and O–H groups in total. The van der Waals surface area contributed by atoms with Crippen LogP contribution in [0.4, 0.5) is 0 Å². The van der Waals surface area contributed by atoms with Crippen LogP contribution in [-0.4, -0.2) is 26.9 Å². The van der Waals surface area contributed by atoms with Crippen LogP contribution in [0, 0.1) is 0 Å². The summed E-state index contributed by atoms with van der Waals surface area (Å²) in [4.78, 5) is 15.6. The van der Waals surface area contributed by atoms with Gasteiger partial charge in [0.05, 0.1) is 17.9 Å². The van der Waals surface area contributed by atoms with Gasteiger partial charge in [-0.1, -0.05) is 12.1 Å². The number of thioether (sulfide) groups is 1. The number of primary amides is 1. The fraction of sp³-hybridized carbons (Fsp3) is 0.400. The van der Waals surface area contributed by atoms with Crippen molar-refractivity contribution in [3.63, 3.8) is 0 Å². The Morgan fingerprint density at radius 3 is 3.05 bits per heavy atom. The third-order valence-corrected chi connectivity index (χ3v) is 4.22. The molecule has 1 aliphatic rings. The standard InChI is InChI=1S/C15H18N4OS/c1-21-9-15-17-14(8-13(16)20)18-19(15)12-7-3-5-10-4-2-6-11(10)12/h3,5,7H,2,4,6,8-9H2,1H3,(H2,16,20). The van der Waals surface area contributed by atoms with Crippen molar-refractivity contribution in [2.75, 3.05) is 6.26 Å². The minimum absolute atomic E-state index is 0.0867. The van der Waals surface area contributed by atoms with Gasteiger partial charge in [-0.15, -0.1) is 0 Å². The first kappa shape index (κ1) is 14.1. The zero-order valence-corrected chi connectivity index (χ0v) is 12.8. The fourth-order valence-electron chi connectivity index (χ4n) is 2.84. The van der Waals surface area contributed by atoms with Crippen molar-refractivity contribution in [3.8, 4) is 5.69 Å². The van der Waals surface area contributed by atoms with Gasteiger partial charge in [-0.3, -0.25) is 4.79 Å². The molecule has 0 saturated heterocycles. The topological polar surface area (TPSA) is 73.8 Å². The highest BCUT2D eigenvalue weighted by Crippen LogP contribution is 2.28. The molecule has 0 radical (unpaired) electrons. The third kappa shape index (κ3) is 2.81. The number of benzene rings is 1. The smallest absolute Gasteiger partial charge is 0.225 e. The highest BCUT2D eigenvalue weighted by Gasteiger charge is 2.19. The number of nitrogens with zero attached hydrogens (tertiary/aromatic N) is 3. The van der Waals surface area contributed by atoms with Gasteiger partial charge in [-0.2, -0.15) is 16.9 Å². The Bertz CT molecular complexity index is 680. The second-order valence-electron chi connectivity index (χ2n) is 5.20. The second kappa shape index (κ2) is 5.89. The average Bonchev–Trinajstić information content (AvgIpc) is 3.05. The molecule has 0 unspecified atom stereocenters. The van der Waals surface area contributed by atoms with E-state index in [0.717, 1.165) is 30.1 Å². The Morgan fingerprint density at radius 1 is 1.43 bits per heavy atom. The molecule has 1 aromatic carbocycles. The minimum Gasteiger partial charge on any atom is -0.369 e. The molecule has 1 aromatic heterocycles. The predicted octanol–water partition coefficient (Wildman–Crippen LogP) is 1.65. The molecule has 21 heavy (non-hydrogen) atoms. The van der Waals surface area contributed by atoms with Crippen LogP contribution in [0.25, 0.3) is 5.69 Å². The Balaban J connectivity index is 2.06. The monoisotopic (exact) mass is 302 g/mol. The van der Waals surface area contributed by atoms with Gasteiger partial charge in [0, 0.05) is 0 Å². The van der Waals surface area contributed by atoms with Gasteiger partial charge in [-0.05, 0) is 42.7 Å². The summed E-state index contributed by atoms with van der Waals surface area (Å²) in [7, 11) is 0. The van der Waals surface area contributed by atoms with E-state index in [2.05, 4.69) is 28.3 Å². The highest BCUT2D eigenvalue weighted by molar-refractivity contribution is 7.97. The molecule has 1 amide bonds. The maximum Gasteiger partial charge on any atom is 0.225 e. The van der Waals surface area contributed by atoms with Crippen LogP contribution in [0.2, 0.25) is 0 Å². The SMILES string of the molecule is CSCc1nc(CC(N)=O)nn1-c1cccc2c1CCC2. The maximum atomic E-state index is 11.1. The summed E-state index contributed by atoms with van der Waals surface area (Å²) in [6, 6.07) is 6.33. The molecule has 1 aliphatic carbocycles. The first-order valence-corrected chi connectivity index (χ1v) is 8.41. The summed E-state index contributed by atoms with van der Waals surface area (Å²) in [6.07, 6.45) is 5.51. The lowest BCUT2D eigenvalue weighted by molar-refractivity contribution is -0.117. The lowest BCUT2D eigenvalue weighted by atomic mass is 10.1. The zero-order valence-electron chi connectivity index (χ0n) is 12.0. The van der Waals surface area contributed by atoms with Crippen molar-refractivity contribution in [1.82, 2.24) is 14.8 Å². The van der Waals surface area contributed by atoms with Crippen LogP contribution < -0.4 is 5.73 Å². The number of nitrogens with two attached hydrogens (primary N) is 1. The number of fused-ring (bicyclic) bond motifs is 1. The van der Waals surface area contributed by atoms with Crippen LogP contribution in [0.1, 0.15) is 29.2 Å². The Morgan fingerprint density at radius 2 is 2.29 bits per heavy atom. The molecule has 1 heterocycles. The molecule has 0 bridgehead atoms. The van der Waals surface area contributed by atoms with Gasteiger partial charge in [0.25, 0.3) is 0 Å². The van der Waals surface area contributed by atoms with E-state index in [-0.39, 0.29) is 6.42 Å². The lowest BCUT2D eigenvalue weighted by Gasteiger charge is -2.10. The van der Waals surface area contributed by atoms with E-state index in [1.165, 1.54) is 17.5 Å². The van der Waals surface area contributed by atoms with E-state index in [0.29, 0.717) is 5.82 Å². The molecule has 0 spiro atoms. The number of rotatable bonds is 5. The summed E-state index contributed by atoms with van der Waals surface area (Å²) in [5.41, 5.74) is 9.10. The molecule has 110 valence electrons. The van der Waals surface area contributed by atoms with Crippen molar-refractivity contribution in [3.05, 3.63) is 41.0 Å². The van der Waals surface area contributed by atoms with Crippen LogP contribution in [0.15, 0.2) is 18.2 Å². The molecular weight excluding hydrogens is 284 g/mol. The van der Waals surface area contributed by atoms with Gasteiger partial charge in [0.2, 0.25) is 5.91 Å². The van der Waals surface area contributed by atoms with Gasteiger partial charge >= 0.3 is 0 Å². The molecule has 5 nitrogen and oxygen atoms in total. The molecule has 3 rings (SSSR count). The normalized spacial score (nSPS) is 13.4. The first-order valence-electron chi connectivity index (χ1n) is 7.02. The molecular formula is C15H18N4OS. The van der Waals surface area contributed by atoms with Crippen LogP contribution in [0.5, 0.6) is 0 Å². The summed E-state index contributed by atoms with van der Waals surface area (Å²) in [5.74, 6) is 1.73. The maximum absolute atomic E-state index is 11.1. The van der Waals surface area contributed by atoms with E-state index in [1.54, 1.807) is 11.8 Å². The Kier molecular flexibility index (Phi) is 3.96. The molecule has 0 saturated carbocycles. The van der Waals surface area contributed by atoms with E-state index in [1.807, 2.05) is 10.9 Å². The largest absolute Gasteiger partial charge is 0.369 e. The third-order valence-electron chi connectivity index (χ3n) is 3.67. The average molecular weight is 302 g/mol. The number of amides is 1. The van der Waals surface area contributed by atoms with Crippen molar-refractivity contribution in [2.45, 2.75) is 31.4 Å². The van der Waals surface area contributed by atoms with Crippen LogP contribution in [-0.2, 0) is 29.8 Å². The van der Waals surface area contributed by atoms with E-state index in [9.17, 15) is 4.79 Å². The number of carbonyl (C=O) groups is 1. The molecule has 6 heteroatoms. The van der Waals surface area contributed by atoms with Crippen LogP contribution in [0.3, 0.4) is 0 Å². The molecule has 2 aromatic rings. The van der Waals surface area contributed by atoms with Crippen LogP contribution >= 0.6 is 11.8 Å². The van der Waals surface area contributed by atoms with Crippen molar-refractivity contribution in [1.29, 1.82) is 0 Å². The molecule has 0 atom stereocenters. The lowest BCUT2D eigenvalue weighted by Crippen LogP contribution is -2.14. The van der Waals surface area contributed by atoms with Gasteiger partial charge < -0.3 is 5.73 Å². The number of hydrogen-bond acceptors (Lipinski definition) is 4. The Hall–Kier alpha value is -1.82. The highest BCUT2D eigenvalue weighted by atomic mass is 32.2. The Labute approximate surface area is 127 Å². The number of carbonyl (C=O) groups excluding carboxylic acids is 1. The second-order valence-corrected chi connectivity index (χ2v) is 6.07. The zero-order chi connectivity index (χ0) is 14.8. The number of hydrogen-bond donors (Lipinski definition) is 1. The van der Waals surface area contributed by atoms with E-state index < -0.39 is 5.91 Å². The number of aromatic nitrogens is 3. The number of aryl methyl sites for hydroxylation is 1. The van der Waals surface area contributed by atoms with Gasteiger partial charge in [-0.25, -0.2) is 9.67 Å². The summed E-state index contributed by atoms with van der Waals surface area (Å²) < 4.78 is 1.89. The molecule has 0 aliphatic heterocycles. The predicted molar refractivity (Wildman–Crippen MR) is 83.5 cm³/mol.